The molecule has 0 heterocycles. The highest BCUT2D eigenvalue weighted by Gasteiger charge is 2.28. The molecule has 0 aliphatic rings. The molecule has 12 heteroatoms. The van der Waals surface area contributed by atoms with E-state index in [4.69, 9.17) is 23.3 Å². The number of allylic oxidation sites excluding steroid dienone is 14. The third-order valence-electron chi connectivity index (χ3n) is 10.8. The molecule has 3 unspecified atom stereocenters. The van der Waals surface area contributed by atoms with Gasteiger partial charge in [-0.15, -0.1) is 0 Å². The highest BCUT2D eigenvalue weighted by atomic mass is 31.2. The third kappa shape index (κ3) is 47.7. The topological polar surface area (TPSA) is 155 Å². The largest absolute Gasteiger partial charge is 0.472 e. The van der Waals surface area contributed by atoms with Gasteiger partial charge in [-0.2, -0.15) is 0 Å². The molecule has 3 atom stereocenters. The number of aliphatic hydroxyl groups excluding tert-OH is 1. The summed E-state index contributed by atoms with van der Waals surface area (Å²) < 4.78 is 39.3. The van der Waals surface area contributed by atoms with E-state index in [1.54, 1.807) is 0 Å². The van der Waals surface area contributed by atoms with Crippen LogP contribution in [0, 0.1) is 0 Å². The molecular formula is C56H95O11P. The van der Waals surface area contributed by atoms with E-state index in [0.717, 1.165) is 96.3 Å². The smallest absolute Gasteiger partial charge is 0.462 e. The van der Waals surface area contributed by atoms with Gasteiger partial charge in [0.25, 0.3) is 0 Å². The SMILES string of the molecule is CC/C=C\C/C=C\C/C=C\C/C=C\CCC(=O)OC(COC(=O)CCCCCCCCC/C=C\C/C=C\C/C=C\CC)COP(=O)(O)OCC(CO)OC(=O)CCCCCCCCCCCCC. The first-order valence-corrected chi connectivity index (χ1v) is 28.0. The van der Waals surface area contributed by atoms with Crippen molar-refractivity contribution in [3.8, 4) is 0 Å². The van der Waals surface area contributed by atoms with E-state index < -0.39 is 57.8 Å². The van der Waals surface area contributed by atoms with Gasteiger partial charge in [-0.05, 0) is 77.0 Å². The van der Waals surface area contributed by atoms with Crippen LogP contribution in [-0.4, -0.2) is 66.5 Å². The Morgan fingerprint density at radius 1 is 0.426 bits per heavy atom. The van der Waals surface area contributed by atoms with E-state index in [1.807, 2.05) is 12.2 Å². The zero-order chi connectivity index (χ0) is 49.9. The predicted molar refractivity (Wildman–Crippen MR) is 279 cm³/mol. The van der Waals surface area contributed by atoms with Crippen LogP contribution < -0.4 is 0 Å². The van der Waals surface area contributed by atoms with Crippen molar-refractivity contribution in [1.82, 2.24) is 0 Å². The molecule has 0 aromatic heterocycles. The number of hydrogen-bond acceptors (Lipinski definition) is 10. The lowest BCUT2D eigenvalue weighted by Gasteiger charge is -2.21. The molecule has 0 radical (unpaired) electrons. The second-order valence-electron chi connectivity index (χ2n) is 17.3. The first kappa shape index (κ1) is 64.7. The van der Waals surface area contributed by atoms with Gasteiger partial charge in [0.05, 0.1) is 19.8 Å². The molecule has 0 aromatic carbocycles. The summed E-state index contributed by atoms with van der Waals surface area (Å²) in [6, 6.07) is 0. The summed E-state index contributed by atoms with van der Waals surface area (Å²) in [6.45, 7) is 4.30. The minimum Gasteiger partial charge on any atom is -0.462 e. The Morgan fingerprint density at radius 3 is 1.26 bits per heavy atom. The normalized spacial score (nSPS) is 14.1. The quantitative estimate of drug-likeness (QED) is 0.0197. The molecule has 390 valence electrons. The van der Waals surface area contributed by atoms with Crippen LogP contribution >= 0.6 is 7.82 Å². The van der Waals surface area contributed by atoms with Crippen LogP contribution in [-0.2, 0) is 42.2 Å². The van der Waals surface area contributed by atoms with Crippen LogP contribution in [0.2, 0.25) is 0 Å². The Bertz CT molecular complexity index is 1460. The Balaban J connectivity index is 4.82. The molecule has 0 spiro atoms. The van der Waals surface area contributed by atoms with Crippen molar-refractivity contribution in [2.75, 3.05) is 26.4 Å². The van der Waals surface area contributed by atoms with E-state index in [1.165, 1.54) is 57.8 Å². The van der Waals surface area contributed by atoms with Gasteiger partial charge in [-0.3, -0.25) is 23.4 Å². The maximum atomic E-state index is 12.8. The fourth-order valence-corrected chi connectivity index (χ4v) is 7.64. The van der Waals surface area contributed by atoms with E-state index in [-0.39, 0.29) is 25.9 Å². The molecule has 0 saturated heterocycles. The fraction of sp³-hybridized carbons (Fsp3) is 0.696. The summed E-state index contributed by atoms with van der Waals surface area (Å²) in [7, 11) is -4.76. The van der Waals surface area contributed by atoms with Gasteiger partial charge in [0.2, 0.25) is 0 Å². The molecule has 0 fully saturated rings. The molecule has 0 rings (SSSR count). The van der Waals surface area contributed by atoms with Crippen molar-refractivity contribution < 1.29 is 52.2 Å². The summed E-state index contributed by atoms with van der Waals surface area (Å²) in [5.41, 5.74) is 0. The van der Waals surface area contributed by atoms with Crippen molar-refractivity contribution in [3.05, 3.63) is 85.1 Å². The lowest BCUT2D eigenvalue weighted by Crippen LogP contribution is -2.30. The fourth-order valence-electron chi connectivity index (χ4n) is 6.85. The summed E-state index contributed by atoms with van der Waals surface area (Å²) in [6.07, 6.45) is 55.7. The molecule has 2 N–H and O–H groups in total. The number of phosphoric ester groups is 1. The summed E-state index contributed by atoms with van der Waals surface area (Å²) in [5, 5.41) is 9.76. The monoisotopic (exact) mass is 975 g/mol. The van der Waals surface area contributed by atoms with Gasteiger partial charge < -0.3 is 24.2 Å². The zero-order valence-electron chi connectivity index (χ0n) is 42.8. The molecule has 0 aliphatic carbocycles. The lowest BCUT2D eigenvalue weighted by molar-refractivity contribution is -0.161. The van der Waals surface area contributed by atoms with Crippen LogP contribution in [0.15, 0.2) is 85.1 Å². The summed E-state index contributed by atoms with van der Waals surface area (Å²) >= 11 is 0. The van der Waals surface area contributed by atoms with Gasteiger partial charge in [-0.25, -0.2) is 4.57 Å². The van der Waals surface area contributed by atoms with E-state index in [9.17, 15) is 28.9 Å². The number of hydrogen-bond donors (Lipinski definition) is 2. The number of esters is 3. The molecule has 0 bridgehead atoms. The lowest BCUT2D eigenvalue weighted by atomic mass is 10.1. The number of phosphoric acid groups is 1. The Morgan fingerprint density at radius 2 is 0.794 bits per heavy atom. The highest BCUT2D eigenvalue weighted by Crippen LogP contribution is 2.43. The van der Waals surface area contributed by atoms with Crippen molar-refractivity contribution in [1.29, 1.82) is 0 Å². The zero-order valence-corrected chi connectivity index (χ0v) is 43.7. The van der Waals surface area contributed by atoms with Gasteiger partial charge in [-0.1, -0.05) is 202 Å². The maximum absolute atomic E-state index is 12.8. The van der Waals surface area contributed by atoms with Gasteiger partial charge in [0, 0.05) is 19.3 Å². The second kappa shape index (κ2) is 50.1. The number of ether oxygens (including phenoxy) is 3. The van der Waals surface area contributed by atoms with Crippen LogP contribution in [0.4, 0.5) is 0 Å². The van der Waals surface area contributed by atoms with E-state index in [0.29, 0.717) is 19.3 Å². The average Bonchev–Trinajstić information content (AvgIpc) is 3.32. The molecule has 68 heavy (non-hydrogen) atoms. The van der Waals surface area contributed by atoms with Crippen LogP contribution in [0.3, 0.4) is 0 Å². The first-order valence-electron chi connectivity index (χ1n) is 26.5. The number of rotatable bonds is 48. The summed E-state index contributed by atoms with van der Waals surface area (Å²) in [5.74, 6) is -1.58. The molecule has 0 saturated carbocycles. The first-order chi connectivity index (χ1) is 33.2. The maximum Gasteiger partial charge on any atom is 0.472 e. The van der Waals surface area contributed by atoms with Gasteiger partial charge >= 0.3 is 25.7 Å². The standard InChI is InChI=1S/C56H95O11P/c1-4-7-10-13-16-19-22-24-25-26-27-29-31-33-36-39-42-45-54(58)63-49-53(67-56(60)47-44-41-38-35-32-28-23-20-17-14-11-8-5-2)51-65-68(61,62)64-50-52(48-57)66-55(59)46-43-40-37-34-30-21-18-15-12-9-6-3/h7-8,10-11,16-17,19-20,24-25,28,32,38,41,52-53,57H,4-6,9,12-15,18,21-23,26-27,29-31,33-37,39-40,42-51H2,1-3H3,(H,61,62)/b10-7-,11-8-,19-16-,20-17-,25-24-,32-28-,41-38-. The predicted octanol–water partition coefficient (Wildman–Crippen LogP) is 15.1. The van der Waals surface area contributed by atoms with Gasteiger partial charge in [0.1, 0.15) is 12.7 Å². The number of unbranched alkanes of at least 4 members (excludes halogenated alkanes) is 17. The van der Waals surface area contributed by atoms with Crippen molar-refractivity contribution >= 4 is 25.7 Å². The highest BCUT2D eigenvalue weighted by molar-refractivity contribution is 7.47. The second-order valence-corrected chi connectivity index (χ2v) is 18.7. The number of carbonyl (C=O) groups excluding carboxylic acids is 3. The van der Waals surface area contributed by atoms with E-state index in [2.05, 4.69) is 93.7 Å². The van der Waals surface area contributed by atoms with Crippen LogP contribution in [0.1, 0.15) is 213 Å². The molecule has 0 amide bonds. The average molecular weight is 975 g/mol. The van der Waals surface area contributed by atoms with Crippen LogP contribution in [0.25, 0.3) is 0 Å². The Hall–Kier alpha value is -3.34. The van der Waals surface area contributed by atoms with Crippen molar-refractivity contribution in [2.24, 2.45) is 0 Å². The van der Waals surface area contributed by atoms with Crippen molar-refractivity contribution in [2.45, 2.75) is 226 Å². The third-order valence-corrected chi connectivity index (χ3v) is 11.8. The Labute approximate surface area is 413 Å². The van der Waals surface area contributed by atoms with E-state index >= 15 is 0 Å². The Kier molecular flexibility index (Phi) is 47.6. The van der Waals surface area contributed by atoms with Crippen molar-refractivity contribution in [3.63, 3.8) is 0 Å². The number of aliphatic hydroxyl groups is 1. The molecular weight excluding hydrogens is 880 g/mol. The van der Waals surface area contributed by atoms with Gasteiger partial charge in [0.15, 0.2) is 6.10 Å². The molecule has 11 nitrogen and oxygen atoms in total. The number of carbonyl (C=O) groups is 3. The van der Waals surface area contributed by atoms with Crippen LogP contribution in [0.5, 0.6) is 0 Å². The minimum atomic E-state index is -4.76. The summed E-state index contributed by atoms with van der Waals surface area (Å²) in [4.78, 5) is 48.3. The molecule has 0 aromatic rings. The minimum absolute atomic E-state index is 0.0421. The molecule has 0 aliphatic heterocycles.